The number of aldehydes is 1. The number of thiophene rings is 1. The van der Waals surface area contributed by atoms with Crippen molar-refractivity contribution < 1.29 is 4.79 Å². The van der Waals surface area contributed by atoms with Gasteiger partial charge in [0.1, 0.15) is 6.29 Å². The van der Waals surface area contributed by atoms with Crippen LogP contribution in [0.1, 0.15) is 15.2 Å². The van der Waals surface area contributed by atoms with E-state index < -0.39 is 0 Å². The van der Waals surface area contributed by atoms with Crippen LogP contribution >= 0.6 is 22.9 Å². The van der Waals surface area contributed by atoms with Gasteiger partial charge in [-0.05, 0) is 30.0 Å². The Morgan fingerprint density at radius 3 is 2.67 bits per heavy atom. The van der Waals surface area contributed by atoms with E-state index in [1.165, 1.54) is 4.88 Å². The van der Waals surface area contributed by atoms with E-state index in [-0.39, 0.29) is 0 Å². The van der Waals surface area contributed by atoms with Crippen molar-refractivity contribution in [2.75, 3.05) is 0 Å². The van der Waals surface area contributed by atoms with Gasteiger partial charge in [0.15, 0.2) is 0 Å². The lowest BCUT2D eigenvalue weighted by atomic mass is 10.1. The van der Waals surface area contributed by atoms with Gasteiger partial charge in [-0.25, -0.2) is 0 Å². The lowest BCUT2D eigenvalue weighted by Gasteiger charge is -2.01. The summed E-state index contributed by atoms with van der Waals surface area (Å²) in [6, 6.07) is 7.44. The number of carbonyl (C=O) groups excluding carboxylic acids is 1. The fraction of sp³-hybridized carbons (Fsp3) is 0.0833. The van der Waals surface area contributed by atoms with Crippen LogP contribution in [-0.4, -0.2) is 6.29 Å². The van der Waals surface area contributed by atoms with Crippen molar-refractivity contribution >= 4 is 29.2 Å². The molecule has 3 heteroatoms. The molecule has 15 heavy (non-hydrogen) atoms. The number of hydrogen-bond donors (Lipinski definition) is 0. The van der Waals surface area contributed by atoms with E-state index in [0.717, 1.165) is 17.4 Å². The first-order chi connectivity index (χ1) is 7.20. The maximum Gasteiger partial charge on any atom is 0.150 e. The van der Waals surface area contributed by atoms with Crippen molar-refractivity contribution in [3.8, 4) is 11.1 Å². The summed E-state index contributed by atoms with van der Waals surface area (Å²) in [5.74, 6) is 0. The molecule has 1 nitrogen and oxygen atoms in total. The van der Waals surface area contributed by atoms with Crippen LogP contribution in [0.2, 0.25) is 5.02 Å². The molecule has 0 saturated heterocycles. The van der Waals surface area contributed by atoms with E-state index in [1.54, 1.807) is 23.5 Å². The topological polar surface area (TPSA) is 17.1 Å². The van der Waals surface area contributed by atoms with Gasteiger partial charge in [0.25, 0.3) is 0 Å². The zero-order chi connectivity index (χ0) is 10.8. The van der Waals surface area contributed by atoms with Gasteiger partial charge in [0.2, 0.25) is 0 Å². The molecule has 0 unspecified atom stereocenters. The summed E-state index contributed by atoms with van der Waals surface area (Å²) < 4.78 is 0. The van der Waals surface area contributed by atoms with E-state index in [0.29, 0.717) is 10.6 Å². The number of carbonyl (C=O) groups is 1. The Labute approximate surface area is 97.3 Å². The highest BCUT2D eigenvalue weighted by Gasteiger charge is 2.05. The van der Waals surface area contributed by atoms with Crippen molar-refractivity contribution in [3.05, 3.63) is 45.1 Å². The van der Waals surface area contributed by atoms with Gasteiger partial charge >= 0.3 is 0 Å². The predicted octanol–water partition coefficient (Wildman–Crippen LogP) is 4.19. The summed E-state index contributed by atoms with van der Waals surface area (Å²) in [7, 11) is 0. The van der Waals surface area contributed by atoms with Gasteiger partial charge in [0, 0.05) is 21.0 Å². The molecule has 2 aromatic rings. The fourth-order valence-corrected chi connectivity index (χ4v) is 2.42. The van der Waals surface area contributed by atoms with Crippen LogP contribution in [0.15, 0.2) is 29.6 Å². The van der Waals surface area contributed by atoms with Gasteiger partial charge in [-0.3, -0.25) is 4.79 Å². The van der Waals surface area contributed by atoms with Crippen molar-refractivity contribution in [3.63, 3.8) is 0 Å². The third-order valence-corrected chi connectivity index (χ3v) is 3.34. The van der Waals surface area contributed by atoms with Crippen LogP contribution in [0.4, 0.5) is 0 Å². The highest BCUT2D eigenvalue weighted by atomic mass is 35.5. The molecule has 0 amide bonds. The number of hydrogen-bond acceptors (Lipinski definition) is 2. The van der Waals surface area contributed by atoms with E-state index in [4.69, 9.17) is 11.6 Å². The lowest BCUT2D eigenvalue weighted by molar-refractivity contribution is 0.112. The first-order valence-corrected chi connectivity index (χ1v) is 5.76. The van der Waals surface area contributed by atoms with E-state index in [2.05, 4.69) is 18.4 Å². The minimum Gasteiger partial charge on any atom is -0.298 e. The molecule has 76 valence electrons. The molecular formula is C12H9ClOS. The molecule has 2 rings (SSSR count). The van der Waals surface area contributed by atoms with E-state index in [9.17, 15) is 4.79 Å². The molecular weight excluding hydrogens is 228 g/mol. The van der Waals surface area contributed by atoms with Crippen LogP contribution in [0.25, 0.3) is 11.1 Å². The summed E-state index contributed by atoms with van der Waals surface area (Å²) >= 11 is 7.79. The summed E-state index contributed by atoms with van der Waals surface area (Å²) in [6.45, 7) is 2.06. The highest BCUT2D eigenvalue weighted by Crippen LogP contribution is 2.31. The summed E-state index contributed by atoms with van der Waals surface area (Å²) in [5, 5.41) is 2.69. The molecule has 0 spiro atoms. The zero-order valence-electron chi connectivity index (χ0n) is 8.16. The fourth-order valence-electron chi connectivity index (χ4n) is 1.42. The van der Waals surface area contributed by atoms with Crippen molar-refractivity contribution in [1.29, 1.82) is 0 Å². The number of halogens is 1. The molecule has 1 heterocycles. The van der Waals surface area contributed by atoms with E-state index in [1.807, 2.05) is 6.07 Å². The van der Waals surface area contributed by atoms with Crippen LogP contribution in [0, 0.1) is 6.92 Å². The molecule has 0 aliphatic carbocycles. The average molecular weight is 237 g/mol. The van der Waals surface area contributed by atoms with E-state index >= 15 is 0 Å². The van der Waals surface area contributed by atoms with Crippen LogP contribution in [0.5, 0.6) is 0 Å². The molecule has 1 aromatic carbocycles. The second kappa shape index (κ2) is 4.17. The van der Waals surface area contributed by atoms with Crippen LogP contribution in [-0.2, 0) is 0 Å². The third-order valence-electron chi connectivity index (χ3n) is 2.17. The summed E-state index contributed by atoms with van der Waals surface area (Å²) in [5.41, 5.74) is 2.70. The molecule has 0 aliphatic rings. The molecule has 0 fully saturated rings. The SMILES string of the molecule is Cc1cc(-c2ccc(C=O)cc2Cl)cs1. The largest absolute Gasteiger partial charge is 0.298 e. The maximum atomic E-state index is 10.6. The zero-order valence-corrected chi connectivity index (χ0v) is 9.73. The minimum absolute atomic E-state index is 0.607. The molecule has 0 saturated carbocycles. The average Bonchev–Trinajstić information content (AvgIpc) is 2.64. The lowest BCUT2D eigenvalue weighted by Crippen LogP contribution is -1.82. The summed E-state index contributed by atoms with van der Waals surface area (Å²) in [4.78, 5) is 11.8. The second-order valence-electron chi connectivity index (χ2n) is 3.30. The highest BCUT2D eigenvalue weighted by molar-refractivity contribution is 7.10. The maximum absolute atomic E-state index is 10.6. The smallest absolute Gasteiger partial charge is 0.150 e. The monoisotopic (exact) mass is 236 g/mol. The Hall–Kier alpha value is -1.12. The van der Waals surface area contributed by atoms with Gasteiger partial charge in [-0.15, -0.1) is 11.3 Å². The van der Waals surface area contributed by atoms with Crippen molar-refractivity contribution in [1.82, 2.24) is 0 Å². The third kappa shape index (κ3) is 2.11. The Balaban J connectivity index is 2.49. The van der Waals surface area contributed by atoms with Crippen molar-refractivity contribution in [2.45, 2.75) is 6.92 Å². The number of rotatable bonds is 2. The molecule has 0 radical (unpaired) electrons. The normalized spacial score (nSPS) is 10.3. The number of aryl methyl sites for hydroxylation is 1. The Morgan fingerprint density at radius 1 is 1.33 bits per heavy atom. The van der Waals surface area contributed by atoms with Crippen LogP contribution in [0.3, 0.4) is 0 Å². The quantitative estimate of drug-likeness (QED) is 0.715. The molecule has 0 bridgehead atoms. The van der Waals surface area contributed by atoms with Crippen molar-refractivity contribution in [2.24, 2.45) is 0 Å². The Bertz CT molecular complexity index is 502. The van der Waals surface area contributed by atoms with Gasteiger partial charge in [0.05, 0.1) is 0 Å². The molecule has 0 N–H and O–H groups in total. The van der Waals surface area contributed by atoms with Gasteiger partial charge in [-0.1, -0.05) is 23.7 Å². The first-order valence-electron chi connectivity index (χ1n) is 4.51. The van der Waals surface area contributed by atoms with Crippen LogP contribution < -0.4 is 0 Å². The molecule has 0 atom stereocenters. The predicted molar refractivity (Wildman–Crippen MR) is 64.9 cm³/mol. The molecule has 0 aliphatic heterocycles. The number of benzene rings is 1. The minimum atomic E-state index is 0.607. The summed E-state index contributed by atoms with van der Waals surface area (Å²) in [6.07, 6.45) is 0.800. The Kier molecular flexibility index (Phi) is 2.89. The molecule has 1 aromatic heterocycles. The first kappa shape index (κ1) is 10.4. The Morgan fingerprint density at radius 2 is 2.13 bits per heavy atom. The second-order valence-corrected chi connectivity index (χ2v) is 4.83. The van der Waals surface area contributed by atoms with Gasteiger partial charge < -0.3 is 0 Å². The van der Waals surface area contributed by atoms with Gasteiger partial charge in [-0.2, -0.15) is 0 Å². The standard InChI is InChI=1S/C12H9ClOS/c1-8-4-10(7-15-8)11-3-2-9(6-14)5-12(11)13/h2-7H,1H3.